The number of pyridine rings is 1. The highest BCUT2D eigenvalue weighted by atomic mass is 16.5. The highest BCUT2D eigenvalue weighted by Gasteiger charge is 2.36. The fourth-order valence-electron chi connectivity index (χ4n) is 4.61. The van der Waals surface area contributed by atoms with Gasteiger partial charge < -0.3 is 10.1 Å². The zero-order valence-electron chi connectivity index (χ0n) is 15.7. The molecule has 5 nitrogen and oxygen atoms in total. The Hall–Kier alpha value is -1.91. The molecule has 1 amide bonds. The lowest BCUT2D eigenvalue weighted by Gasteiger charge is -2.29. The predicted molar refractivity (Wildman–Crippen MR) is 99.4 cm³/mol. The number of amides is 1. The molecule has 0 radical (unpaired) electrons. The summed E-state index contributed by atoms with van der Waals surface area (Å²) in [5.41, 5.74) is 1.02. The minimum Gasteiger partial charge on any atom is -0.619 e. The van der Waals surface area contributed by atoms with Crippen molar-refractivity contribution in [1.29, 1.82) is 0 Å². The third kappa shape index (κ3) is 4.25. The van der Waals surface area contributed by atoms with E-state index < -0.39 is 0 Å². The number of Topliss-reactive ketones (excluding diaryl/α,β-unsaturated/α-hetero) is 1. The van der Waals surface area contributed by atoms with Gasteiger partial charge in [0.05, 0.1) is 0 Å². The van der Waals surface area contributed by atoms with Gasteiger partial charge in [0, 0.05) is 30.1 Å². The SMILES string of the molecule is CCC(C[C@@H]1CCCN1C(=O)C(=O)C1CCCCC1)c1ccc[n+]([O-])c1. The maximum Gasteiger partial charge on any atom is 0.290 e. The predicted octanol–water partition coefficient (Wildman–Crippen LogP) is 3.34. The van der Waals surface area contributed by atoms with Gasteiger partial charge >= 0.3 is 0 Å². The van der Waals surface area contributed by atoms with Gasteiger partial charge in [0.25, 0.3) is 5.91 Å². The Morgan fingerprint density at radius 1 is 1.23 bits per heavy atom. The second-order valence-electron chi connectivity index (χ2n) is 7.83. The molecule has 1 saturated carbocycles. The quantitative estimate of drug-likeness (QED) is 0.445. The Bertz CT molecular complexity index is 640. The average Bonchev–Trinajstić information content (AvgIpc) is 3.13. The number of carbonyl (C=O) groups excluding carboxylic acids is 2. The molecule has 1 unspecified atom stereocenters. The smallest absolute Gasteiger partial charge is 0.290 e. The summed E-state index contributed by atoms with van der Waals surface area (Å²) in [7, 11) is 0. The van der Waals surface area contributed by atoms with Crippen LogP contribution in [0.3, 0.4) is 0 Å². The molecule has 142 valence electrons. The van der Waals surface area contributed by atoms with Crippen molar-refractivity contribution in [2.75, 3.05) is 6.54 Å². The molecule has 1 aromatic rings. The molecule has 0 bridgehead atoms. The van der Waals surface area contributed by atoms with Gasteiger partial charge in [0.1, 0.15) is 0 Å². The first kappa shape index (κ1) is 18.9. The molecule has 0 N–H and O–H groups in total. The highest BCUT2D eigenvalue weighted by Crippen LogP contribution is 2.32. The van der Waals surface area contributed by atoms with Gasteiger partial charge in [0.15, 0.2) is 12.4 Å². The minimum atomic E-state index is -0.263. The van der Waals surface area contributed by atoms with Crippen molar-refractivity contribution in [2.45, 2.75) is 76.7 Å². The van der Waals surface area contributed by atoms with Gasteiger partial charge in [-0.2, -0.15) is 4.73 Å². The van der Waals surface area contributed by atoms with Gasteiger partial charge in [0.2, 0.25) is 5.78 Å². The fraction of sp³-hybridized carbons (Fsp3) is 0.667. The Morgan fingerprint density at radius 2 is 2.00 bits per heavy atom. The summed E-state index contributed by atoms with van der Waals surface area (Å²) in [4.78, 5) is 27.3. The molecule has 1 aliphatic heterocycles. The molecule has 0 spiro atoms. The number of rotatable bonds is 6. The van der Waals surface area contributed by atoms with E-state index in [4.69, 9.17) is 0 Å². The normalized spacial score (nSPS) is 22.3. The topological polar surface area (TPSA) is 64.3 Å². The van der Waals surface area contributed by atoms with E-state index in [-0.39, 0.29) is 29.6 Å². The highest BCUT2D eigenvalue weighted by molar-refractivity contribution is 6.37. The fourth-order valence-corrected chi connectivity index (χ4v) is 4.61. The average molecular weight is 358 g/mol. The van der Waals surface area contributed by atoms with Gasteiger partial charge in [-0.25, -0.2) is 0 Å². The lowest BCUT2D eigenvalue weighted by Crippen LogP contribution is -2.43. The molecule has 2 atom stereocenters. The molecule has 5 heteroatoms. The Kier molecular flexibility index (Phi) is 6.28. The molecular formula is C21H30N2O3. The van der Waals surface area contributed by atoms with Crippen LogP contribution in [-0.4, -0.2) is 29.2 Å². The lowest BCUT2D eigenvalue weighted by molar-refractivity contribution is -0.606. The Morgan fingerprint density at radius 3 is 2.69 bits per heavy atom. The number of hydrogen-bond donors (Lipinski definition) is 0. The Balaban J connectivity index is 1.66. The van der Waals surface area contributed by atoms with Crippen molar-refractivity contribution >= 4 is 11.7 Å². The lowest BCUT2D eigenvalue weighted by atomic mass is 9.85. The third-order valence-electron chi connectivity index (χ3n) is 6.14. The first-order valence-corrected chi connectivity index (χ1v) is 10.1. The van der Waals surface area contributed by atoms with E-state index in [2.05, 4.69) is 6.92 Å². The van der Waals surface area contributed by atoms with Gasteiger partial charge in [-0.1, -0.05) is 26.2 Å². The summed E-state index contributed by atoms with van der Waals surface area (Å²) in [6, 6.07) is 3.87. The van der Waals surface area contributed by atoms with Gasteiger partial charge in [-0.3, -0.25) is 9.59 Å². The Labute approximate surface area is 156 Å². The van der Waals surface area contributed by atoms with Crippen LogP contribution in [0, 0.1) is 11.1 Å². The molecular weight excluding hydrogens is 328 g/mol. The van der Waals surface area contributed by atoms with Crippen molar-refractivity contribution in [3.8, 4) is 0 Å². The minimum absolute atomic E-state index is 0.0620. The van der Waals surface area contributed by atoms with Crippen LogP contribution in [0.25, 0.3) is 0 Å². The van der Waals surface area contributed by atoms with Crippen LogP contribution in [0.1, 0.15) is 76.2 Å². The molecule has 26 heavy (non-hydrogen) atoms. The summed E-state index contributed by atoms with van der Waals surface area (Å²) in [5.74, 6) is -0.254. The zero-order valence-corrected chi connectivity index (χ0v) is 15.7. The summed E-state index contributed by atoms with van der Waals surface area (Å²) in [6.45, 7) is 2.80. The van der Waals surface area contributed by atoms with Crippen LogP contribution in [0.2, 0.25) is 0 Å². The largest absolute Gasteiger partial charge is 0.619 e. The van der Waals surface area contributed by atoms with Crippen molar-refractivity contribution in [1.82, 2.24) is 4.90 Å². The van der Waals surface area contributed by atoms with Crippen LogP contribution in [0.5, 0.6) is 0 Å². The monoisotopic (exact) mass is 358 g/mol. The number of nitrogens with zero attached hydrogens (tertiary/aromatic N) is 2. The molecule has 1 aliphatic carbocycles. The van der Waals surface area contributed by atoms with Crippen LogP contribution in [0.4, 0.5) is 0 Å². The van der Waals surface area contributed by atoms with E-state index in [0.717, 1.165) is 61.7 Å². The number of hydrogen-bond acceptors (Lipinski definition) is 3. The van der Waals surface area contributed by atoms with Crippen LogP contribution in [0.15, 0.2) is 24.5 Å². The molecule has 2 fully saturated rings. The number of likely N-dealkylation sites (tertiary alicyclic amines) is 1. The zero-order chi connectivity index (χ0) is 18.5. The second-order valence-corrected chi connectivity index (χ2v) is 7.83. The van der Waals surface area contributed by atoms with Crippen molar-refractivity contribution in [3.05, 3.63) is 35.3 Å². The second kappa shape index (κ2) is 8.65. The summed E-state index contributed by atoms with van der Waals surface area (Å²) < 4.78 is 0.835. The molecule has 1 saturated heterocycles. The van der Waals surface area contributed by atoms with Gasteiger partial charge in [-0.15, -0.1) is 0 Å². The van der Waals surface area contributed by atoms with Crippen molar-refractivity contribution in [3.63, 3.8) is 0 Å². The summed E-state index contributed by atoms with van der Waals surface area (Å²) in [5, 5.41) is 11.6. The number of aromatic nitrogens is 1. The first-order valence-electron chi connectivity index (χ1n) is 10.1. The van der Waals surface area contributed by atoms with E-state index in [1.807, 2.05) is 11.0 Å². The first-order chi connectivity index (χ1) is 12.6. The van der Waals surface area contributed by atoms with E-state index in [1.165, 1.54) is 12.6 Å². The maximum absolute atomic E-state index is 12.8. The summed E-state index contributed by atoms with van der Waals surface area (Å²) in [6.07, 6.45) is 11.8. The van der Waals surface area contributed by atoms with Crippen molar-refractivity contribution in [2.24, 2.45) is 5.92 Å². The van der Waals surface area contributed by atoms with E-state index >= 15 is 0 Å². The molecule has 0 aromatic carbocycles. The van der Waals surface area contributed by atoms with Crippen LogP contribution < -0.4 is 4.73 Å². The molecule has 2 heterocycles. The standard InChI is InChI=1S/C21H30N2O3/c1-2-16(18-10-6-12-22(26)15-18)14-19-11-7-13-23(19)21(25)20(24)17-8-4-3-5-9-17/h6,10,12,15-17,19H,2-5,7-9,11,13-14H2,1H3/t16?,19-/m0/s1. The van der Waals surface area contributed by atoms with E-state index in [0.29, 0.717) is 6.54 Å². The molecule has 3 rings (SSSR count). The third-order valence-corrected chi connectivity index (χ3v) is 6.14. The number of ketones is 1. The molecule has 1 aromatic heterocycles. The number of carbonyl (C=O) groups is 2. The van der Waals surface area contributed by atoms with Gasteiger partial charge in [-0.05, 0) is 50.5 Å². The van der Waals surface area contributed by atoms with Crippen LogP contribution in [-0.2, 0) is 9.59 Å². The van der Waals surface area contributed by atoms with Crippen molar-refractivity contribution < 1.29 is 14.3 Å². The van der Waals surface area contributed by atoms with E-state index in [9.17, 15) is 14.8 Å². The maximum atomic E-state index is 12.8. The van der Waals surface area contributed by atoms with E-state index in [1.54, 1.807) is 12.3 Å². The summed E-state index contributed by atoms with van der Waals surface area (Å²) >= 11 is 0. The van der Waals surface area contributed by atoms with Crippen LogP contribution >= 0.6 is 0 Å². The molecule has 2 aliphatic rings.